The highest BCUT2D eigenvalue weighted by molar-refractivity contribution is 6.30. The standard InChI is InChI=1S/C26H26ClFN4O3/c1-30-22-21(23(34)31(25(30)35)12-5-13-33)32(16-17-8-10-20(27)11-9-17)24(29-22)26(28)14-19(15-26)18-6-3-2-4-7-18/h2-4,6-11,19,33H,5,12-16H2,1H3. The average molecular weight is 497 g/mol. The van der Waals surface area contributed by atoms with E-state index in [-0.39, 0.29) is 61.9 Å². The van der Waals surface area contributed by atoms with Crippen molar-refractivity contribution >= 4 is 22.8 Å². The van der Waals surface area contributed by atoms with Crippen molar-refractivity contribution in [2.24, 2.45) is 7.05 Å². The van der Waals surface area contributed by atoms with E-state index in [1.54, 1.807) is 16.7 Å². The summed E-state index contributed by atoms with van der Waals surface area (Å²) in [5.41, 5.74) is -0.578. The zero-order valence-electron chi connectivity index (χ0n) is 19.3. The summed E-state index contributed by atoms with van der Waals surface area (Å²) >= 11 is 6.04. The van der Waals surface area contributed by atoms with Crippen LogP contribution in [0.2, 0.25) is 5.02 Å². The highest BCUT2D eigenvalue weighted by Crippen LogP contribution is 2.53. The van der Waals surface area contributed by atoms with Crippen LogP contribution < -0.4 is 11.2 Å². The lowest BCUT2D eigenvalue weighted by atomic mass is 9.68. The second-order valence-corrected chi connectivity index (χ2v) is 9.61. The smallest absolute Gasteiger partial charge is 0.332 e. The summed E-state index contributed by atoms with van der Waals surface area (Å²) in [5.74, 6) is 0.205. The van der Waals surface area contributed by atoms with Crippen LogP contribution in [0.25, 0.3) is 11.2 Å². The number of aromatic nitrogens is 4. The Morgan fingerprint density at radius 1 is 1.09 bits per heavy atom. The maximum absolute atomic E-state index is 16.4. The number of nitrogens with zero attached hydrogens (tertiary/aromatic N) is 4. The molecule has 9 heteroatoms. The molecule has 1 saturated carbocycles. The Hall–Kier alpha value is -3.23. The van der Waals surface area contributed by atoms with Gasteiger partial charge in [0.2, 0.25) is 0 Å². The van der Waals surface area contributed by atoms with Gasteiger partial charge in [-0.05, 0) is 48.4 Å². The fourth-order valence-corrected chi connectivity index (χ4v) is 5.06. The molecule has 0 aliphatic heterocycles. The zero-order chi connectivity index (χ0) is 24.7. The van der Waals surface area contributed by atoms with E-state index < -0.39 is 16.9 Å². The highest BCUT2D eigenvalue weighted by atomic mass is 35.5. The molecule has 5 rings (SSSR count). The molecule has 2 aromatic carbocycles. The van der Waals surface area contributed by atoms with Crippen LogP contribution >= 0.6 is 11.6 Å². The first-order chi connectivity index (χ1) is 16.8. The van der Waals surface area contributed by atoms with Gasteiger partial charge in [-0.15, -0.1) is 0 Å². The fourth-order valence-electron chi connectivity index (χ4n) is 4.93. The monoisotopic (exact) mass is 496 g/mol. The molecule has 0 unspecified atom stereocenters. The van der Waals surface area contributed by atoms with Crippen LogP contribution in [-0.2, 0) is 25.8 Å². The molecule has 1 fully saturated rings. The minimum atomic E-state index is -1.73. The Labute approximate surface area is 206 Å². The van der Waals surface area contributed by atoms with Crippen LogP contribution in [-0.4, -0.2) is 30.4 Å². The number of benzene rings is 2. The van der Waals surface area contributed by atoms with Gasteiger partial charge in [-0.1, -0.05) is 54.1 Å². The number of rotatable bonds is 7. The first-order valence-corrected chi connectivity index (χ1v) is 12.0. The van der Waals surface area contributed by atoms with E-state index >= 15 is 4.39 Å². The minimum absolute atomic E-state index is 0.0509. The van der Waals surface area contributed by atoms with Crippen molar-refractivity contribution in [3.63, 3.8) is 0 Å². The predicted octanol–water partition coefficient (Wildman–Crippen LogP) is 3.72. The third-order valence-electron chi connectivity index (χ3n) is 6.84. The maximum Gasteiger partial charge on any atom is 0.332 e. The summed E-state index contributed by atoms with van der Waals surface area (Å²) in [6.07, 6.45) is 0.742. The molecule has 35 heavy (non-hydrogen) atoms. The Balaban J connectivity index is 1.66. The molecule has 0 radical (unpaired) electrons. The van der Waals surface area contributed by atoms with Crippen molar-refractivity contribution in [1.82, 2.24) is 18.7 Å². The van der Waals surface area contributed by atoms with E-state index in [2.05, 4.69) is 4.98 Å². The lowest BCUT2D eigenvalue weighted by molar-refractivity contribution is 0.0254. The van der Waals surface area contributed by atoms with E-state index in [9.17, 15) is 14.7 Å². The molecule has 1 aliphatic carbocycles. The molecule has 182 valence electrons. The second kappa shape index (κ2) is 9.09. The van der Waals surface area contributed by atoms with Crippen molar-refractivity contribution < 1.29 is 9.50 Å². The summed E-state index contributed by atoms with van der Waals surface area (Å²) in [7, 11) is 1.53. The summed E-state index contributed by atoms with van der Waals surface area (Å²) < 4.78 is 20.4. The Morgan fingerprint density at radius 3 is 2.43 bits per heavy atom. The second-order valence-electron chi connectivity index (χ2n) is 9.18. The van der Waals surface area contributed by atoms with Crippen LogP contribution in [0.4, 0.5) is 4.39 Å². The first-order valence-electron chi connectivity index (χ1n) is 11.6. The van der Waals surface area contributed by atoms with E-state index in [1.807, 2.05) is 42.5 Å². The maximum atomic E-state index is 16.4. The Kier molecular flexibility index (Phi) is 6.11. The minimum Gasteiger partial charge on any atom is -0.396 e. The fraction of sp³-hybridized carbons (Fsp3) is 0.346. The SMILES string of the molecule is Cn1c(=O)n(CCCO)c(=O)c2c1nc(C1(F)CC(c3ccccc3)C1)n2Cc1ccc(Cl)cc1. The molecule has 7 nitrogen and oxygen atoms in total. The van der Waals surface area contributed by atoms with Gasteiger partial charge in [-0.2, -0.15) is 0 Å². The Morgan fingerprint density at radius 2 is 1.77 bits per heavy atom. The normalized spacial score (nSPS) is 19.7. The van der Waals surface area contributed by atoms with E-state index in [0.717, 1.165) is 15.7 Å². The third kappa shape index (κ3) is 4.10. The van der Waals surface area contributed by atoms with Gasteiger partial charge in [-0.3, -0.25) is 13.9 Å². The molecule has 2 aromatic heterocycles. The largest absolute Gasteiger partial charge is 0.396 e. The van der Waals surface area contributed by atoms with Crippen LogP contribution in [0.1, 0.15) is 42.1 Å². The molecule has 4 aromatic rings. The van der Waals surface area contributed by atoms with Crippen molar-refractivity contribution in [3.8, 4) is 0 Å². The van der Waals surface area contributed by atoms with Gasteiger partial charge in [0, 0.05) is 31.8 Å². The van der Waals surface area contributed by atoms with Crippen LogP contribution in [0, 0.1) is 0 Å². The first kappa shape index (κ1) is 23.5. The number of aliphatic hydroxyl groups excluding tert-OH is 1. The molecule has 0 amide bonds. The van der Waals surface area contributed by atoms with Gasteiger partial charge in [0.15, 0.2) is 16.8 Å². The van der Waals surface area contributed by atoms with Gasteiger partial charge in [-0.25, -0.2) is 14.2 Å². The number of aryl methyl sites for hydroxylation is 1. The van der Waals surface area contributed by atoms with Crippen molar-refractivity contribution in [2.45, 2.75) is 43.9 Å². The molecule has 2 heterocycles. The number of alkyl halides is 1. The number of halogens is 2. The molecule has 0 atom stereocenters. The number of aliphatic hydroxyl groups is 1. The molecular weight excluding hydrogens is 471 g/mol. The third-order valence-corrected chi connectivity index (χ3v) is 7.09. The van der Waals surface area contributed by atoms with Crippen molar-refractivity contribution in [1.29, 1.82) is 0 Å². The highest BCUT2D eigenvalue weighted by Gasteiger charge is 2.50. The van der Waals surface area contributed by atoms with Crippen LogP contribution in [0.3, 0.4) is 0 Å². The predicted molar refractivity (Wildman–Crippen MR) is 133 cm³/mol. The lowest BCUT2D eigenvalue weighted by Gasteiger charge is -2.41. The van der Waals surface area contributed by atoms with Crippen LogP contribution in [0.5, 0.6) is 0 Å². The average Bonchev–Trinajstić information content (AvgIpc) is 3.22. The lowest BCUT2D eigenvalue weighted by Crippen LogP contribution is -2.40. The van der Waals surface area contributed by atoms with Gasteiger partial charge >= 0.3 is 5.69 Å². The summed E-state index contributed by atoms with van der Waals surface area (Å²) in [5, 5.41) is 9.80. The summed E-state index contributed by atoms with van der Waals surface area (Å²) in [6.45, 7) is 0.117. The zero-order valence-corrected chi connectivity index (χ0v) is 20.1. The van der Waals surface area contributed by atoms with E-state index in [0.29, 0.717) is 5.02 Å². The number of hydrogen-bond acceptors (Lipinski definition) is 4. The van der Waals surface area contributed by atoms with Gasteiger partial charge in [0.1, 0.15) is 5.82 Å². The van der Waals surface area contributed by atoms with E-state index in [4.69, 9.17) is 11.6 Å². The van der Waals surface area contributed by atoms with Crippen molar-refractivity contribution in [2.75, 3.05) is 6.61 Å². The van der Waals surface area contributed by atoms with Gasteiger partial charge in [0.05, 0.1) is 0 Å². The van der Waals surface area contributed by atoms with Crippen LogP contribution in [0.15, 0.2) is 64.2 Å². The number of imidazole rings is 1. The molecular formula is C26H26ClFN4O3. The molecule has 0 spiro atoms. The number of hydrogen-bond donors (Lipinski definition) is 1. The topological polar surface area (TPSA) is 82.0 Å². The Bertz CT molecular complexity index is 1490. The van der Waals surface area contributed by atoms with Gasteiger partial charge < -0.3 is 9.67 Å². The van der Waals surface area contributed by atoms with E-state index in [1.165, 1.54) is 11.6 Å². The molecule has 1 N–H and O–H groups in total. The van der Waals surface area contributed by atoms with Gasteiger partial charge in [0.25, 0.3) is 5.56 Å². The molecule has 0 bridgehead atoms. The van der Waals surface area contributed by atoms with Crippen molar-refractivity contribution in [3.05, 3.63) is 97.4 Å². The number of fused-ring (bicyclic) bond motifs is 1. The molecule has 0 saturated heterocycles. The molecule has 1 aliphatic rings. The summed E-state index contributed by atoms with van der Waals surface area (Å²) in [6, 6.07) is 16.9. The quantitative estimate of drug-likeness (QED) is 0.423. The summed E-state index contributed by atoms with van der Waals surface area (Å²) in [4.78, 5) is 30.9.